The first-order chi connectivity index (χ1) is 8.17. The molecule has 1 unspecified atom stereocenters. The lowest BCUT2D eigenvalue weighted by molar-refractivity contribution is -0.121. The number of amides is 1. The molecule has 0 saturated carbocycles. The zero-order valence-corrected chi connectivity index (χ0v) is 14.0. The molecule has 0 fully saturated rings. The van der Waals surface area contributed by atoms with Crippen LogP contribution in [0.4, 0.5) is 0 Å². The minimum Gasteiger partial charge on any atom is -0.348 e. The topological polar surface area (TPSA) is 54.0 Å². The number of carbonyl (C=O) groups excluding carboxylic acids is 1. The number of rotatable bonds is 7. The molecule has 2 N–H and O–H groups in total. The fourth-order valence-electron chi connectivity index (χ4n) is 1.50. The van der Waals surface area contributed by atoms with Gasteiger partial charge in [0.15, 0.2) is 0 Å². The Labute approximate surface area is 131 Å². The number of hydrogen-bond acceptors (Lipinski definition) is 4. The van der Waals surface area contributed by atoms with E-state index in [4.69, 9.17) is 0 Å². The number of carbonyl (C=O) groups is 1. The van der Waals surface area contributed by atoms with Gasteiger partial charge < -0.3 is 10.6 Å². The smallest absolute Gasteiger partial charge is 0.220 e. The average molecular weight is 328 g/mol. The highest BCUT2D eigenvalue weighted by molar-refractivity contribution is 7.09. The number of halogens is 2. The molecule has 7 heteroatoms. The minimum absolute atomic E-state index is 0. The molecule has 0 aromatic carbocycles. The monoisotopic (exact) mass is 327 g/mol. The van der Waals surface area contributed by atoms with Gasteiger partial charge in [0.25, 0.3) is 0 Å². The van der Waals surface area contributed by atoms with E-state index in [0.29, 0.717) is 6.42 Å². The lowest BCUT2D eigenvalue weighted by Gasteiger charge is -2.11. The molecule has 0 saturated heterocycles. The Kier molecular flexibility index (Phi) is 12.6. The van der Waals surface area contributed by atoms with Gasteiger partial charge in [-0.1, -0.05) is 6.92 Å². The van der Waals surface area contributed by atoms with Crippen molar-refractivity contribution in [3.8, 4) is 0 Å². The van der Waals surface area contributed by atoms with Crippen molar-refractivity contribution in [1.82, 2.24) is 15.6 Å². The van der Waals surface area contributed by atoms with E-state index in [2.05, 4.69) is 22.5 Å². The molecule has 0 spiro atoms. The summed E-state index contributed by atoms with van der Waals surface area (Å²) in [5.41, 5.74) is 0.966. The quantitative estimate of drug-likeness (QED) is 0.757. The summed E-state index contributed by atoms with van der Waals surface area (Å²) in [5, 5.41) is 9.15. The lowest BCUT2D eigenvalue weighted by Crippen LogP contribution is -2.27. The van der Waals surface area contributed by atoms with Gasteiger partial charge in [-0.05, 0) is 33.4 Å². The van der Waals surface area contributed by atoms with Crippen LogP contribution in [0.25, 0.3) is 0 Å². The highest BCUT2D eigenvalue weighted by Crippen LogP contribution is 2.16. The molecule has 1 heterocycles. The molecule has 0 aliphatic heterocycles. The Morgan fingerprint density at radius 3 is 2.68 bits per heavy atom. The third kappa shape index (κ3) is 7.72. The second-order valence-corrected chi connectivity index (χ2v) is 4.96. The maximum atomic E-state index is 11.6. The summed E-state index contributed by atoms with van der Waals surface area (Å²) in [6.07, 6.45) is 2.38. The van der Waals surface area contributed by atoms with Gasteiger partial charge in [-0.15, -0.1) is 36.2 Å². The Hall–Kier alpha value is -0.360. The van der Waals surface area contributed by atoms with Gasteiger partial charge >= 0.3 is 0 Å². The number of thiazole rings is 1. The second-order valence-electron chi connectivity index (χ2n) is 4.02. The zero-order chi connectivity index (χ0) is 12.7. The lowest BCUT2D eigenvalue weighted by atomic mass is 10.2. The van der Waals surface area contributed by atoms with Gasteiger partial charge in [-0.2, -0.15) is 0 Å². The van der Waals surface area contributed by atoms with Crippen LogP contribution in [-0.2, 0) is 11.2 Å². The van der Waals surface area contributed by atoms with E-state index in [0.717, 1.165) is 30.1 Å². The van der Waals surface area contributed by atoms with Crippen LogP contribution in [0.1, 0.15) is 43.4 Å². The Morgan fingerprint density at radius 2 is 2.16 bits per heavy atom. The van der Waals surface area contributed by atoms with E-state index in [1.807, 2.05) is 19.4 Å². The van der Waals surface area contributed by atoms with Crippen LogP contribution < -0.4 is 10.6 Å². The SMILES string of the molecule is CCc1nc(C(C)NC(=O)CCCNC)cs1.Cl.Cl. The molecule has 0 bridgehead atoms. The van der Waals surface area contributed by atoms with Crippen molar-refractivity contribution in [2.45, 2.75) is 39.2 Å². The summed E-state index contributed by atoms with van der Waals surface area (Å²) in [6, 6.07) is 0.00800. The van der Waals surface area contributed by atoms with Crippen molar-refractivity contribution in [3.05, 3.63) is 16.1 Å². The maximum Gasteiger partial charge on any atom is 0.220 e. The fraction of sp³-hybridized carbons (Fsp3) is 0.667. The zero-order valence-electron chi connectivity index (χ0n) is 11.6. The van der Waals surface area contributed by atoms with Crippen LogP contribution in [0.3, 0.4) is 0 Å². The first-order valence-electron chi connectivity index (χ1n) is 6.05. The molecule has 0 aliphatic carbocycles. The summed E-state index contributed by atoms with van der Waals surface area (Å²) in [4.78, 5) is 16.1. The van der Waals surface area contributed by atoms with Crippen LogP contribution in [0.2, 0.25) is 0 Å². The summed E-state index contributed by atoms with van der Waals surface area (Å²) >= 11 is 1.65. The Bertz CT molecular complexity index is 360. The number of hydrogen-bond donors (Lipinski definition) is 2. The summed E-state index contributed by atoms with van der Waals surface area (Å²) in [5.74, 6) is 0.0961. The maximum absolute atomic E-state index is 11.6. The molecular weight excluding hydrogens is 305 g/mol. The van der Waals surface area contributed by atoms with E-state index in [9.17, 15) is 4.79 Å². The Morgan fingerprint density at radius 1 is 1.47 bits per heavy atom. The van der Waals surface area contributed by atoms with Gasteiger partial charge in [-0.3, -0.25) is 4.79 Å². The van der Waals surface area contributed by atoms with Gasteiger partial charge in [0.1, 0.15) is 0 Å². The first-order valence-corrected chi connectivity index (χ1v) is 6.93. The van der Waals surface area contributed by atoms with Crippen LogP contribution in [0.5, 0.6) is 0 Å². The van der Waals surface area contributed by atoms with E-state index in [-0.39, 0.29) is 36.8 Å². The van der Waals surface area contributed by atoms with Crippen LogP contribution in [0.15, 0.2) is 5.38 Å². The normalized spacial score (nSPS) is 11.1. The standard InChI is InChI=1S/C12H21N3OS.2ClH/c1-4-12-15-10(8-17-12)9(2)14-11(16)6-5-7-13-3;;/h8-9,13H,4-7H2,1-3H3,(H,14,16);2*1H. The summed E-state index contributed by atoms with van der Waals surface area (Å²) in [6.45, 7) is 4.94. The van der Waals surface area contributed by atoms with Crippen molar-refractivity contribution in [1.29, 1.82) is 0 Å². The highest BCUT2D eigenvalue weighted by atomic mass is 35.5. The van der Waals surface area contributed by atoms with Crippen molar-refractivity contribution < 1.29 is 4.79 Å². The first kappa shape index (κ1) is 20.9. The average Bonchev–Trinajstić information content (AvgIpc) is 2.78. The summed E-state index contributed by atoms with van der Waals surface area (Å²) in [7, 11) is 1.89. The molecule has 1 aromatic rings. The third-order valence-electron chi connectivity index (χ3n) is 2.52. The van der Waals surface area contributed by atoms with Crippen molar-refractivity contribution in [2.24, 2.45) is 0 Å². The highest BCUT2D eigenvalue weighted by Gasteiger charge is 2.12. The number of nitrogens with zero attached hydrogens (tertiary/aromatic N) is 1. The minimum atomic E-state index is 0. The molecule has 1 atom stereocenters. The van der Waals surface area contributed by atoms with Crippen molar-refractivity contribution in [2.75, 3.05) is 13.6 Å². The molecule has 4 nitrogen and oxygen atoms in total. The molecule has 112 valence electrons. The van der Waals surface area contributed by atoms with Crippen molar-refractivity contribution >= 4 is 42.1 Å². The molecular formula is C12H23Cl2N3OS. The van der Waals surface area contributed by atoms with Gasteiger partial charge in [0.2, 0.25) is 5.91 Å². The van der Waals surface area contributed by atoms with E-state index in [1.165, 1.54) is 0 Å². The van der Waals surface area contributed by atoms with Crippen LogP contribution in [0, 0.1) is 0 Å². The van der Waals surface area contributed by atoms with E-state index >= 15 is 0 Å². The van der Waals surface area contributed by atoms with E-state index in [1.54, 1.807) is 11.3 Å². The van der Waals surface area contributed by atoms with Crippen LogP contribution in [-0.4, -0.2) is 24.5 Å². The van der Waals surface area contributed by atoms with Gasteiger partial charge in [0.05, 0.1) is 16.7 Å². The molecule has 0 radical (unpaired) electrons. The van der Waals surface area contributed by atoms with Gasteiger partial charge in [-0.25, -0.2) is 4.98 Å². The predicted octanol–water partition coefficient (Wildman–Crippen LogP) is 2.73. The fourth-order valence-corrected chi connectivity index (χ4v) is 2.34. The van der Waals surface area contributed by atoms with Crippen LogP contribution >= 0.6 is 36.2 Å². The number of aryl methyl sites for hydroxylation is 1. The molecule has 0 aliphatic rings. The molecule has 1 aromatic heterocycles. The second kappa shape index (κ2) is 11.5. The van der Waals surface area contributed by atoms with Gasteiger partial charge in [0, 0.05) is 11.8 Å². The molecule has 19 heavy (non-hydrogen) atoms. The summed E-state index contributed by atoms with van der Waals surface area (Å²) < 4.78 is 0. The van der Waals surface area contributed by atoms with Crippen molar-refractivity contribution in [3.63, 3.8) is 0 Å². The predicted molar refractivity (Wildman–Crippen MR) is 85.7 cm³/mol. The molecule has 1 amide bonds. The largest absolute Gasteiger partial charge is 0.348 e. The van der Waals surface area contributed by atoms with E-state index < -0.39 is 0 Å². The third-order valence-corrected chi connectivity index (χ3v) is 3.54. The number of nitrogens with one attached hydrogen (secondary N) is 2. The number of aromatic nitrogens is 1. The Balaban J connectivity index is 0. The molecule has 1 rings (SSSR count).